The number of hydrogen-bond donors (Lipinski definition) is 2. The molecule has 0 spiro atoms. The molecule has 1 atom stereocenters. The molecule has 0 aliphatic heterocycles. The van der Waals surface area contributed by atoms with E-state index in [1.54, 1.807) is 0 Å². The molecule has 0 heterocycles. The summed E-state index contributed by atoms with van der Waals surface area (Å²) in [5.41, 5.74) is 0. The Hall–Kier alpha value is 1.18. The Morgan fingerprint density at radius 3 is 2.00 bits per heavy atom. The monoisotopic (exact) mass is 118 g/mol. The molecule has 0 saturated carbocycles. The maximum Gasteiger partial charge on any atom is 2.00 e. The summed E-state index contributed by atoms with van der Waals surface area (Å²) in [6, 6.07) is 0. The molecule has 0 aromatic heterocycles. The third-order valence-corrected chi connectivity index (χ3v) is 0.264. The summed E-state index contributed by atoms with van der Waals surface area (Å²) < 4.78 is 0. The predicted octanol–water partition coefficient (Wildman–Crippen LogP) is -0.796. The van der Waals surface area contributed by atoms with E-state index in [1.165, 1.54) is 6.92 Å². The summed E-state index contributed by atoms with van der Waals surface area (Å²) in [4.78, 5) is 0. The molecule has 3 heteroatoms. The SMILES string of the molecule is CC(O)CO.[Ca+2].[H-].[H-]. The first kappa shape index (κ1) is 10.2. The Bertz CT molecular complexity index is 29.2. The van der Waals surface area contributed by atoms with Crippen LogP contribution in [0.1, 0.15) is 9.78 Å². The second-order valence-corrected chi connectivity index (χ2v) is 1.03. The van der Waals surface area contributed by atoms with Gasteiger partial charge in [-0.25, -0.2) is 0 Å². The molecule has 0 aromatic carbocycles. The van der Waals surface area contributed by atoms with Crippen molar-refractivity contribution < 1.29 is 13.1 Å². The Balaban J connectivity index is -0.0000000267. The van der Waals surface area contributed by atoms with Crippen LogP contribution in [0.25, 0.3) is 0 Å². The summed E-state index contributed by atoms with van der Waals surface area (Å²) in [6.07, 6.45) is -0.560. The van der Waals surface area contributed by atoms with Gasteiger partial charge in [0.1, 0.15) is 0 Å². The molecule has 0 rings (SSSR count). The minimum absolute atomic E-state index is 0. The Morgan fingerprint density at radius 2 is 2.00 bits per heavy atom. The van der Waals surface area contributed by atoms with Gasteiger partial charge in [-0.15, -0.1) is 0 Å². The first-order chi connectivity index (χ1) is 2.27. The van der Waals surface area contributed by atoms with Gasteiger partial charge in [0, 0.05) is 0 Å². The zero-order valence-corrected chi connectivity index (χ0v) is 6.09. The second-order valence-electron chi connectivity index (χ2n) is 1.03. The van der Waals surface area contributed by atoms with Crippen molar-refractivity contribution in [2.45, 2.75) is 13.0 Å². The van der Waals surface area contributed by atoms with E-state index in [9.17, 15) is 0 Å². The Morgan fingerprint density at radius 1 is 1.83 bits per heavy atom. The van der Waals surface area contributed by atoms with Gasteiger partial charge in [0.25, 0.3) is 0 Å². The van der Waals surface area contributed by atoms with E-state index < -0.39 is 6.10 Å². The van der Waals surface area contributed by atoms with E-state index in [0.717, 1.165) is 0 Å². The van der Waals surface area contributed by atoms with Crippen molar-refractivity contribution in [1.29, 1.82) is 0 Å². The number of aliphatic hydroxyl groups excluding tert-OH is 2. The van der Waals surface area contributed by atoms with Gasteiger partial charge in [0.15, 0.2) is 0 Å². The van der Waals surface area contributed by atoms with E-state index in [2.05, 4.69) is 0 Å². The fourth-order valence-electron chi connectivity index (χ4n) is 0. The Kier molecular flexibility index (Phi) is 10.5. The molecule has 0 radical (unpaired) electrons. The van der Waals surface area contributed by atoms with Crippen LogP contribution in [0.4, 0.5) is 0 Å². The van der Waals surface area contributed by atoms with Crippen molar-refractivity contribution in [3.05, 3.63) is 0 Å². The summed E-state index contributed by atoms with van der Waals surface area (Å²) in [5.74, 6) is 0. The van der Waals surface area contributed by atoms with E-state index in [1.807, 2.05) is 0 Å². The van der Waals surface area contributed by atoms with Crippen LogP contribution >= 0.6 is 0 Å². The first-order valence-electron chi connectivity index (χ1n) is 1.56. The standard InChI is InChI=1S/C3H8O2.Ca.2H/c1-3(5)2-4;;;/h3-5H,2H2,1H3;;;/q;+2;2*-1. The minimum atomic E-state index is -0.560. The number of hydrogen-bond acceptors (Lipinski definition) is 2. The Labute approximate surface area is 70.1 Å². The molecular formula is C3H10CaO2. The zero-order chi connectivity index (χ0) is 4.28. The number of rotatable bonds is 1. The van der Waals surface area contributed by atoms with Gasteiger partial charge >= 0.3 is 37.7 Å². The molecule has 0 amide bonds. The summed E-state index contributed by atoms with van der Waals surface area (Å²) in [6.45, 7) is 1.39. The van der Waals surface area contributed by atoms with E-state index in [4.69, 9.17) is 10.2 Å². The summed E-state index contributed by atoms with van der Waals surface area (Å²) in [7, 11) is 0. The van der Waals surface area contributed by atoms with Crippen LogP contribution in [0.15, 0.2) is 0 Å². The van der Waals surface area contributed by atoms with E-state index >= 15 is 0 Å². The van der Waals surface area contributed by atoms with Crippen LogP contribution in [0, 0.1) is 0 Å². The molecule has 0 saturated heterocycles. The van der Waals surface area contributed by atoms with Gasteiger partial charge < -0.3 is 13.1 Å². The molecule has 2 N–H and O–H groups in total. The molecule has 1 unspecified atom stereocenters. The molecule has 0 bridgehead atoms. The molecular weight excluding hydrogens is 108 g/mol. The summed E-state index contributed by atoms with van der Waals surface area (Å²) in [5, 5.41) is 16.0. The molecule has 0 fully saturated rings. The molecule has 0 aliphatic rings. The van der Waals surface area contributed by atoms with Crippen LogP contribution < -0.4 is 0 Å². The van der Waals surface area contributed by atoms with Gasteiger partial charge in [-0.05, 0) is 6.92 Å². The van der Waals surface area contributed by atoms with Crippen LogP contribution in [0.5, 0.6) is 0 Å². The third kappa shape index (κ3) is 8.95. The van der Waals surface area contributed by atoms with Crippen LogP contribution in [0.2, 0.25) is 0 Å². The maximum absolute atomic E-state index is 8.11. The quantitative estimate of drug-likeness (QED) is 0.443. The molecule has 0 aliphatic carbocycles. The van der Waals surface area contributed by atoms with E-state index in [0.29, 0.717) is 0 Å². The van der Waals surface area contributed by atoms with Crippen LogP contribution in [-0.4, -0.2) is 60.7 Å². The fraction of sp³-hybridized carbons (Fsp3) is 1.00. The first-order valence-corrected chi connectivity index (χ1v) is 1.56. The molecule has 36 valence electrons. The third-order valence-electron chi connectivity index (χ3n) is 0.264. The summed E-state index contributed by atoms with van der Waals surface area (Å²) >= 11 is 0. The molecule has 6 heavy (non-hydrogen) atoms. The van der Waals surface area contributed by atoms with Crippen molar-refractivity contribution in [2.24, 2.45) is 0 Å². The average Bonchev–Trinajstić information content (AvgIpc) is 1.38. The normalized spacial score (nSPS) is 12.5. The van der Waals surface area contributed by atoms with Crippen molar-refractivity contribution in [2.75, 3.05) is 6.61 Å². The molecule has 2 nitrogen and oxygen atoms in total. The van der Waals surface area contributed by atoms with Gasteiger partial charge in [-0.3, -0.25) is 0 Å². The van der Waals surface area contributed by atoms with Gasteiger partial charge in [-0.1, -0.05) is 0 Å². The van der Waals surface area contributed by atoms with Crippen molar-refractivity contribution in [3.8, 4) is 0 Å². The van der Waals surface area contributed by atoms with Gasteiger partial charge in [0.05, 0.1) is 12.7 Å². The van der Waals surface area contributed by atoms with Crippen LogP contribution in [0.3, 0.4) is 0 Å². The largest absolute Gasteiger partial charge is 2.00 e. The maximum atomic E-state index is 8.11. The minimum Gasteiger partial charge on any atom is -1.00 e. The zero-order valence-electron chi connectivity index (χ0n) is 5.89. The van der Waals surface area contributed by atoms with Gasteiger partial charge in [-0.2, -0.15) is 0 Å². The van der Waals surface area contributed by atoms with Crippen LogP contribution in [-0.2, 0) is 0 Å². The second kappa shape index (κ2) is 6.18. The number of aliphatic hydroxyl groups is 2. The van der Waals surface area contributed by atoms with E-state index in [-0.39, 0.29) is 47.2 Å². The average molecular weight is 118 g/mol. The molecule has 0 aromatic rings. The van der Waals surface area contributed by atoms with Crippen molar-refractivity contribution in [1.82, 2.24) is 0 Å². The van der Waals surface area contributed by atoms with Crippen molar-refractivity contribution in [3.63, 3.8) is 0 Å². The van der Waals surface area contributed by atoms with Gasteiger partial charge in [0.2, 0.25) is 0 Å². The predicted molar refractivity (Wildman–Crippen MR) is 26.7 cm³/mol. The topological polar surface area (TPSA) is 40.5 Å². The fourth-order valence-corrected chi connectivity index (χ4v) is 0. The van der Waals surface area contributed by atoms with Crippen molar-refractivity contribution >= 4 is 37.7 Å². The smallest absolute Gasteiger partial charge is 1.00 e.